The number of carbonyl (C=O) groups excluding carboxylic acids is 2. The number of halogens is 5. The van der Waals surface area contributed by atoms with Crippen molar-refractivity contribution in [2.45, 2.75) is 85.0 Å². The van der Waals surface area contributed by atoms with Gasteiger partial charge in [-0.2, -0.15) is 0 Å². The van der Waals surface area contributed by atoms with Crippen LogP contribution in [0.4, 0.5) is 0 Å². The Bertz CT molecular complexity index is 751. The molecule has 0 aliphatic rings. The molecule has 0 bridgehead atoms. The van der Waals surface area contributed by atoms with E-state index in [1.165, 1.54) is 58.8 Å². The smallest absolute Gasteiger partial charge is 0.328 e. The third kappa shape index (κ3) is 8.76. The third-order valence-corrected chi connectivity index (χ3v) is 7.36. The fourth-order valence-corrected chi connectivity index (χ4v) is 4.11. The van der Waals surface area contributed by atoms with Crippen LogP contribution in [0.5, 0.6) is 5.75 Å². The molecular weight excluding hydrogens is 518 g/mol. The summed E-state index contributed by atoms with van der Waals surface area (Å²) in [7, 11) is 0. The van der Waals surface area contributed by atoms with E-state index < -0.39 is 17.4 Å². The summed E-state index contributed by atoms with van der Waals surface area (Å²) in [5.74, 6) is -1.85. The van der Waals surface area contributed by atoms with Gasteiger partial charge in [0.1, 0.15) is 10.0 Å². The maximum Gasteiger partial charge on any atom is 0.328 e. The molecule has 1 aromatic carbocycles. The number of esters is 2. The number of ether oxygens (including phenoxy) is 2. The van der Waals surface area contributed by atoms with Crippen molar-refractivity contribution in [2.75, 3.05) is 6.61 Å². The summed E-state index contributed by atoms with van der Waals surface area (Å²) >= 11 is 30.1. The van der Waals surface area contributed by atoms with Crippen molar-refractivity contribution < 1.29 is 19.1 Å². The molecule has 0 heterocycles. The fraction of sp³-hybridized carbons (Fsp3) is 0.652. The van der Waals surface area contributed by atoms with E-state index in [1.54, 1.807) is 0 Å². The molecule has 32 heavy (non-hydrogen) atoms. The highest BCUT2D eigenvalue weighted by atomic mass is 35.5. The van der Waals surface area contributed by atoms with Gasteiger partial charge in [0.05, 0.1) is 21.7 Å². The molecule has 4 nitrogen and oxygen atoms in total. The van der Waals surface area contributed by atoms with Gasteiger partial charge in [-0.25, -0.2) is 0 Å². The highest BCUT2D eigenvalue weighted by Gasteiger charge is 2.41. The van der Waals surface area contributed by atoms with E-state index in [9.17, 15) is 9.59 Å². The first kappa shape index (κ1) is 29.6. The molecule has 182 valence electrons. The van der Waals surface area contributed by atoms with Crippen LogP contribution in [-0.2, 0) is 14.3 Å². The molecule has 0 amide bonds. The van der Waals surface area contributed by atoms with Crippen molar-refractivity contribution in [1.82, 2.24) is 0 Å². The molecule has 0 aliphatic heterocycles. The quantitative estimate of drug-likeness (QED) is 0.0580. The van der Waals surface area contributed by atoms with E-state index in [0.717, 1.165) is 19.3 Å². The molecule has 0 N–H and O–H groups in total. The Morgan fingerprint density at radius 3 is 1.53 bits per heavy atom. The van der Waals surface area contributed by atoms with Crippen LogP contribution in [-0.4, -0.2) is 18.5 Å². The molecule has 1 rings (SSSR count). The van der Waals surface area contributed by atoms with Crippen LogP contribution in [0.15, 0.2) is 0 Å². The zero-order valence-electron chi connectivity index (χ0n) is 18.8. The van der Waals surface area contributed by atoms with Gasteiger partial charge in [0.15, 0.2) is 11.2 Å². The molecule has 0 aliphatic carbocycles. The van der Waals surface area contributed by atoms with Gasteiger partial charge < -0.3 is 9.47 Å². The average Bonchev–Trinajstić information content (AvgIpc) is 2.77. The second-order valence-corrected chi connectivity index (χ2v) is 10.1. The van der Waals surface area contributed by atoms with Crippen LogP contribution in [0.25, 0.3) is 0 Å². The van der Waals surface area contributed by atoms with Gasteiger partial charge in [-0.1, -0.05) is 123 Å². The van der Waals surface area contributed by atoms with Crippen LogP contribution < -0.4 is 4.74 Å². The lowest BCUT2D eigenvalue weighted by atomic mass is 9.94. The van der Waals surface area contributed by atoms with Gasteiger partial charge in [-0.3, -0.25) is 9.59 Å². The summed E-state index contributed by atoms with van der Waals surface area (Å²) in [6, 6.07) is 0. The van der Waals surface area contributed by atoms with Crippen LogP contribution in [0, 0.1) is 5.41 Å². The SMILES string of the molecule is CCCCCCCCCCCCOC(=O)C(C)(C)C(=O)Oc1c(Cl)c(Cl)c(Cl)c(Cl)c1Cl. The number of hydrogen-bond acceptors (Lipinski definition) is 4. The first-order valence-electron chi connectivity index (χ1n) is 11.0. The predicted molar refractivity (Wildman–Crippen MR) is 134 cm³/mol. The molecule has 0 fully saturated rings. The Morgan fingerprint density at radius 2 is 1.06 bits per heavy atom. The molecule has 0 saturated carbocycles. The molecule has 0 unspecified atom stereocenters. The van der Waals surface area contributed by atoms with Crippen LogP contribution in [0.2, 0.25) is 25.1 Å². The van der Waals surface area contributed by atoms with Crippen LogP contribution in [0.1, 0.15) is 85.0 Å². The molecule has 0 radical (unpaired) electrons. The lowest BCUT2D eigenvalue weighted by Crippen LogP contribution is -2.38. The van der Waals surface area contributed by atoms with Crippen LogP contribution >= 0.6 is 58.0 Å². The molecule has 0 aromatic heterocycles. The predicted octanol–water partition coefficient (Wildman–Crippen LogP) is 9.35. The summed E-state index contributed by atoms with van der Waals surface area (Å²) in [5.41, 5.74) is -1.58. The van der Waals surface area contributed by atoms with E-state index >= 15 is 0 Å². The van der Waals surface area contributed by atoms with Crippen molar-refractivity contribution >= 4 is 69.9 Å². The summed E-state index contributed by atoms with van der Waals surface area (Å²) < 4.78 is 10.5. The van der Waals surface area contributed by atoms with Crippen molar-refractivity contribution in [3.8, 4) is 5.75 Å². The van der Waals surface area contributed by atoms with Crippen molar-refractivity contribution in [3.63, 3.8) is 0 Å². The first-order valence-corrected chi connectivity index (χ1v) is 12.9. The molecular formula is C23H31Cl5O4. The third-order valence-electron chi connectivity index (χ3n) is 5.12. The standard InChI is InChI=1S/C23H31Cl5O4/c1-4-5-6-7-8-9-10-11-12-13-14-31-21(29)23(2,3)22(30)32-20-18(27)16(25)15(24)17(26)19(20)28/h4-14H2,1-3H3. The Labute approximate surface area is 216 Å². The molecule has 1 aromatic rings. The van der Waals surface area contributed by atoms with E-state index in [-0.39, 0.29) is 37.5 Å². The Hall–Kier alpha value is -0.390. The maximum absolute atomic E-state index is 12.6. The zero-order chi connectivity index (χ0) is 24.3. The molecule has 0 saturated heterocycles. The van der Waals surface area contributed by atoms with E-state index in [4.69, 9.17) is 67.5 Å². The minimum Gasteiger partial charge on any atom is -0.465 e. The van der Waals surface area contributed by atoms with E-state index in [0.29, 0.717) is 0 Å². The maximum atomic E-state index is 12.6. The second kappa shape index (κ2) is 14.8. The molecule has 0 spiro atoms. The van der Waals surface area contributed by atoms with E-state index in [1.807, 2.05) is 0 Å². The highest BCUT2D eigenvalue weighted by Crippen LogP contribution is 2.48. The summed E-state index contributed by atoms with van der Waals surface area (Å²) in [6.07, 6.45) is 11.7. The van der Waals surface area contributed by atoms with Gasteiger partial charge in [-0.15, -0.1) is 0 Å². The van der Waals surface area contributed by atoms with Crippen molar-refractivity contribution in [1.29, 1.82) is 0 Å². The first-order chi connectivity index (χ1) is 15.1. The topological polar surface area (TPSA) is 52.6 Å². The lowest BCUT2D eigenvalue weighted by Gasteiger charge is -2.22. The largest absolute Gasteiger partial charge is 0.465 e. The monoisotopic (exact) mass is 546 g/mol. The fourth-order valence-electron chi connectivity index (χ4n) is 2.91. The Morgan fingerprint density at radius 1 is 0.656 bits per heavy atom. The molecule has 0 atom stereocenters. The summed E-state index contributed by atoms with van der Waals surface area (Å²) in [4.78, 5) is 25.1. The van der Waals surface area contributed by atoms with Crippen molar-refractivity contribution in [2.24, 2.45) is 5.41 Å². The Balaban J connectivity index is 2.45. The van der Waals surface area contributed by atoms with Gasteiger partial charge in [0.2, 0.25) is 0 Å². The zero-order valence-corrected chi connectivity index (χ0v) is 22.6. The summed E-state index contributed by atoms with van der Waals surface area (Å²) in [6.45, 7) is 5.26. The second-order valence-electron chi connectivity index (χ2n) is 8.23. The van der Waals surface area contributed by atoms with Crippen molar-refractivity contribution in [3.05, 3.63) is 25.1 Å². The number of rotatable bonds is 14. The number of unbranched alkanes of at least 4 members (excludes halogenated alkanes) is 9. The van der Waals surface area contributed by atoms with Gasteiger partial charge in [-0.05, 0) is 20.3 Å². The van der Waals surface area contributed by atoms with E-state index in [2.05, 4.69) is 6.92 Å². The number of carbonyl (C=O) groups is 2. The van der Waals surface area contributed by atoms with Gasteiger partial charge >= 0.3 is 11.9 Å². The van der Waals surface area contributed by atoms with Gasteiger partial charge in [0, 0.05) is 0 Å². The normalized spacial score (nSPS) is 11.5. The number of benzene rings is 1. The minimum atomic E-state index is -1.58. The van der Waals surface area contributed by atoms with Crippen LogP contribution in [0.3, 0.4) is 0 Å². The minimum absolute atomic E-state index is 0.0571. The highest BCUT2D eigenvalue weighted by molar-refractivity contribution is 6.55. The molecule has 9 heteroatoms. The lowest BCUT2D eigenvalue weighted by molar-refractivity contribution is -0.164. The average molecular weight is 549 g/mol. The summed E-state index contributed by atoms with van der Waals surface area (Å²) in [5, 5.41) is -0.611. The number of hydrogen-bond donors (Lipinski definition) is 0. The Kier molecular flexibility index (Phi) is 13.7. The van der Waals surface area contributed by atoms with Gasteiger partial charge in [0.25, 0.3) is 0 Å².